The van der Waals surface area contributed by atoms with E-state index >= 15 is 0 Å². The standard InChI is InChI=1S/C12H22N4O3/c1-4-5-16-10(13)9(14-6-8(2)7-17)11(18)15(3)12(16)19/h8,14,17H,4-7,13H2,1-3H3. The highest BCUT2D eigenvalue weighted by atomic mass is 16.3. The molecule has 0 fully saturated rings. The summed E-state index contributed by atoms with van der Waals surface area (Å²) in [5, 5.41) is 11.9. The third kappa shape index (κ3) is 3.17. The van der Waals surface area contributed by atoms with Gasteiger partial charge in [0.15, 0.2) is 0 Å². The first-order chi connectivity index (χ1) is 8.93. The number of hydrogen-bond acceptors (Lipinski definition) is 5. The second-order valence-electron chi connectivity index (χ2n) is 4.73. The van der Waals surface area contributed by atoms with Crippen molar-refractivity contribution in [1.82, 2.24) is 9.13 Å². The Morgan fingerprint density at radius 3 is 2.58 bits per heavy atom. The van der Waals surface area contributed by atoms with Crippen LogP contribution in [0.15, 0.2) is 9.59 Å². The van der Waals surface area contributed by atoms with Crippen LogP contribution in [-0.2, 0) is 13.6 Å². The van der Waals surface area contributed by atoms with Crippen molar-refractivity contribution in [3.05, 3.63) is 20.8 Å². The highest BCUT2D eigenvalue weighted by molar-refractivity contribution is 5.60. The zero-order valence-corrected chi connectivity index (χ0v) is 11.6. The van der Waals surface area contributed by atoms with Crippen LogP contribution in [0.25, 0.3) is 0 Å². The molecule has 7 heteroatoms. The van der Waals surface area contributed by atoms with Crippen LogP contribution in [0.3, 0.4) is 0 Å². The maximum Gasteiger partial charge on any atom is 0.332 e. The molecule has 1 atom stereocenters. The van der Waals surface area contributed by atoms with E-state index in [-0.39, 0.29) is 24.0 Å². The number of nitrogens with zero attached hydrogens (tertiary/aromatic N) is 2. The van der Waals surface area contributed by atoms with Gasteiger partial charge in [0.05, 0.1) is 0 Å². The van der Waals surface area contributed by atoms with E-state index in [1.54, 1.807) is 0 Å². The number of aliphatic hydroxyl groups is 1. The molecule has 1 unspecified atom stereocenters. The lowest BCUT2D eigenvalue weighted by Crippen LogP contribution is -2.41. The maximum atomic E-state index is 12.0. The SMILES string of the molecule is CCCn1c(N)c(NCC(C)CO)c(=O)n(C)c1=O. The van der Waals surface area contributed by atoms with E-state index in [1.807, 2.05) is 13.8 Å². The van der Waals surface area contributed by atoms with E-state index in [9.17, 15) is 9.59 Å². The minimum Gasteiger partial charge on any atom is -0.396 e. The van der Waals surface area contributed by atoms with Crippen LogP contribution < -0.4 is 22.3 Å². The summed E-state index contributed by atoms with van der Waals surface area (Å²) < 4.78 is 2.42. The first-order valence-electron chi connectivity index (χ1n) is 6.38. The summed E-state index contributed by atoms with van der Waals surface area (Å²) in [4.78, 5) is 23.9. The molecule has 0 amide bonds. The average Bonchev–Trinajstić information content (AvgIpc) is 2.41. The average molecular weight is 270 g/mol. The normalized spacial score (nSPS) is 12.4. The van der Waals surface area contributed by atoms with Gasteiger partial charge in [0.25, 0.3) is 5.56 Å². The number of nitrogens with two attached hydrogens (primary N) is 1. The minimum absolute atomic E-state index is 0.00402. The Morgan fingerprint density at radius 1 is 1.42 bits per heavy atom. The van der Waals surface area contributed by atoms with Gasteiger partial charge in [-0.1, -0.05) is 13.8 Å². The van der Waals surface area contributed by atoms with Crippen LogP contribution >= 0.6 is 0 Å². The van der Waals surface area contributed by atoms with Crippen LogP contribution in [0.5, 0.6) is 0 Å². The van der Waals surface area contributed by atoms with Gasteiger partial charge < -0.3 is 16.2 Å². The van der Waals surface area contributed by atoms with E-state index in [2.05, 4.69) is 5.32 Å². The van der Waals surface area contributed by atoms with E-state index in [0.717, 1.165) is 11.0 Å². The van der Waals surface area contributed by atoms with Crippen LogP contribution in [0.4, 0.5) is 11.5 Å². The molecule has 1 aromatic heterocycles. The fourth-order valence-electron chi connectivity index (χ4n) is 1.73. The molecule has 4 N–H and O–H groups in total. The molecule has 0 aliphatic heterocycles. The van der Waals surface area contributed by atoms with Gasteiger partial charge in [0.1, 0.15) is 11.5 Å². The molecule has 0 aromatic carbocycles. The number of hydrogen-bond donors (Lipinski definition) is 3. The number of rotatable bonds is 6. The van der Waals surface area contributed by atoms with Crippen molar-refractivity contribution in [2.75, 3.05) is 24.2 Å². The Labute approximate surface area is 111 Å². The number of nitrogens with one attached hydrogen (secondary N) is 1. The molecule has 0 radical (unpaired) electrons. The van der Waals surface area contributed by atoms with E-state index < -0.39 is 11.2 Å². The number of anilines is 2. The van der Waals surface area contributed by atoms with Crippen LogP contribution in [0, 0.1) is 5.92 Å². The molecule has 0 spiro atoms. The first kappa shape index (κ1) is 15.3. The Kier molecular flexibility index (Phi) is 5.17. The fourth-order valence-corrected chi connectivity index (χ4v) is 1.73. The second-order valence-corrected chi connectivity index (χ2v) is 4.73. The molecule has 1 heterocycles. The number of aromatic nitrogens is 2. The summed E-state index contributed by atoms with van der Waals surface area (Å²) >= 11 is 0. The molecule has 1 rings (SSSR count). The molecule has 0 bridgehead atoms. The van der Waals surface area contributed by atoms with Crippen molar-refractivity contribution in [3.63, 3.8) is 0 Å². The van der Waals surface area contributed by atoms with Gasteiger partial charge in [-0.05, 0) is 12.3 Å². The molecular formula is C12H22N4O3. The molecule has 1 aromatic rings. The molecule has 19 heavy (non-hydrogen) atoms. The molecule has 0 aliphatic carbocycles. The number of aliphatic hydroxyl groups excluding tert-OH is 1. The Bertz CT molecular complexity index is 547. The zero-order chi connectivity index (χ0) is 14.6. The molecular weight excluding hydrogens is 248 g/mol. The van der Waals surface area contributed by atoms with Crippen LogP contribution in [0.2, 0.25) is 0 Å². The van der Waals surface area contributed by atoms with Crippen molar-refractivity contribution < 1.29 is 5.11 Å². The predicted molar refractivity (Wildman–Crippen MR) is 75.4 cm³/mol. The molecule has 0 saturated carbocycles. The Morgan fingerprint density at radius 2 is 2.05 bits per heavy atom. The van der Waals surface area contributed by atoms with Crippen molar-refractivity contribution in [1.29, 1.82) is 0 Å². The summed E-state index contributed by atoms with van der Waals surface area (Å²) in [5.41, 5.74) is 5.25. The summed E-state index contributed by atoms with van der Waals surface area (Å²) in [6.45, 7) is 4.67. The van der Waals surface area contributed by atoms with Gasteiger partial charge in [-0.25, -0.2) is 4.79 Å². The summed E-state index contributed by atoms with van der Waals surface area (Å²) in [6.07, 6.45) is 0.745. The van der Waals surface area contributed by atoms with Gasteiger partial charge in [-0.15, -0.1) is 0 Å². The smallest absolute Gasteiger partial charge is 0.332 e. The lowest BCUT2D eigenvalue weighted by molar-refractivity contribution is 0.244. The van der Waals surface area contributed by atoms with E-state index in [4.69, 9.17) is 10.8 Å². The monoisotopic (exact) mass is 270 g/mol. The van der Waals surface area contributed by atoms with Gasteiger partial charge in [-0.2, -0.15) is 0 Å². The molecule has 0 saturated heterocycles. The van der Waals surface area contributed by atoms with Crippen LogP contribution in [-0.4, -0.2) is 27.4 Å². The van der Waals surface area contributed by atoms with Crippen molar-refractivity contribution in [2.45, 2.75) is 26.8 Å². The third-order valence-electron chi connectivity index (χ3n) is 2.97. The molecule has 7 nitrogen and oxygen atoms in total. The maximum absolute atomic E-state index is 12.0. The van der Waals surface area contributed by atoms with Crippen LogP contribution in [0.1, 0.15) is 20.3 Å². The third-order valence-corrected chi connectivity index (χ3v) is 2.97. The molecule has 0 aliphatic rings. The zero-order valence-electron chi connectivity index (χ0n) is 11.6. The van der Waals surface area contributed by atoms with Gasteiger partial charge in [0.2, 0.25) is 0 Å². The van der Waals surface area contributed by atoms with E-state index in [0.29, 0.717) is 13.1 Å². The topological polar surface area (TPSA) is 102 Å². The van der Waals surface area contributed by atoms with Gasteiger partial charge in [0, 0.05) is 26.7 Å². The van der Waals surface area contributed by atoms with Crippen molar-refractivity contribution in [2.24, 2.45) is 13.0 Å². The van der Waals surface area contributed by atoms with E-state index in [1.165, 1.54) is 11.6 Å². The number of nitrogen functional groups attached to an aromatic ring is 1. The summed E-state index contributed by atoms with van der Waals surface area (Å²) in [5.74, 6) is 0.149. The van der Waals surface area contributed by atoms with Gasteiger partial charge in [-0.3, -0.25) is 13.9 Å². The van der Waals surface area contributed by atoms with Gasteiger partial charge >= 0.3 is 5.69 Å². The minimum atomic E-state index is -0.444. The largest absolute Gasteiger partial charge is 0.396 e. The summed E-state index contributed by atoms with van der Waals surface area (Å²) in [6, 6.07) is 0. The fraction of sp³-hybridized carbons (Fsp3) is 0.667. The Hall–Kier alpha value is -1.76. The first-order valence-corrected chi connectivity index (χ1v) is 6.38. The second kappa shape index (κ2) is 6.42. The Balaban J connectivity index is 3.24. The lowest BCUT2D eigenvalue weighted by Gasteiger charge is -2.17. The quantitative estimate of drug-likeness (QED) is 0.651. The highest BCUT2D eigenvalue weighted by Crippen LogP contribution is 2.11. The van der Waals surface area contributed by atoms with Crippen molar-refractivity contribution in [3.8, 4) is 0 Å². The van der Waals surface area contributed by atoms with Crippen molar-refractivity contribution >= 4 is 11.5 Å². The lowest BCUT2D eigenvalue weighted by atomic mass is 10.2. The molecule has 108 valence electrons. The predicted octanol–water partition coefficient (Wildman–Crippen LogP) is -0.420. The highest BCUT2D eigenvalue weighted by Gasteiger charge is 2.15. The summed E-state index contributed by atoms with van der Waals surface area (Å²) in [7, 11) is 1.43.